The normalized spacial score (nSPS) is 18.3. The minimum absolute atomic E-state index is 0.0995. The van der Waals surface area contributed by atoms with Crippen LogP contribution in [0.2, 0.25) is 0 Å². The van der Waals surface area contributed by atoms with Gasteiger partial charge in [-0.05, 0) is 17.7 Å². The summed E-state index contributed by atoms with van der Waals surface area (Å²) in [5, 5.41) is 20.6. The number of hydrogen-bond acceptors (Lipinski definition) is 4. The third kappa shape index (κ3) is 4.35. The summed E-state index contributed by atoms with van der Waals surface area (Å²) >= 11 is 0. The first-order chi connectivity index (χ1) is 10.1. The number of carboxylic acids is 1. The van der Waals surface area contributed by atoms with E-state index >= 15 is 0 Å². The number of phenolic OH excluding ortho intramolecular Hbond substituents is 1. The van der Waals surface area contributed by atoms with Crippen molar-refractivity contribution in [1.29, 1.82) is 0 Å². The molecule has 7 heteroatoms. The van der Waals surface area contributed by atoms with Crippen LogP contribution in [0.4, 0.5) is 4.79 Å². The first-order valence-corrected chi connectivity index (χ1v) is 6.71. The number of aromatic hydroxyl groups is 1. The molecular weight excluding hydrogens is 276 g/mol. The molecule has 2 amide bonds. The van der Waals surface area contributed by atoms with Gasteiger partial charge < -0.3 is 25.2 Å². The molecule has 1 fully saturated rings. The molecule has 1 unspecified atom stereocenters. The van der Waals surface area contributed by atoms with Crippen LogP contribution in [0.3, 0.4) is 0 Å². The zero-order valence-electron chi connectivity index (χ0n) is 11.5. The Morgan fingerprint density at radius 3 is 2.95 bits per heavy atom. The summed E-state index contributed by atoms with van der Waals surface area (Å²) in [7, 11) is 0. The fourth-order valence-corrected chi connectivity index (χ4v) is 2.15. The van der Waals surface area contributed by atoms with Gasteiger partial charge in [0, 0.05) is 13.1 Å². The SMILES string of the molecule is O=C(O)CCNC(=O)N1CCOC(c2cccc(O)c2)C1. The average Bonchev–Trinajstić information content (AvgIpc) is 2.47. The molecule has 0 radical (unpaired) electrons. The third-order valence-corrected chi connectivity index (χ3v) is 3.21. The number of nitrogens with one attached hydrogen (secondary N) is 1. The number of nitrogens with zero attached hydrogens (tertiary/aromatic N) is 1. The second kappa shape index (κ2) is 6.94. The first-order valence-electron chi connectivity index (χ1n) is 6.71. The molecule has 7 nitrogen and oxygen atoms in total. The van der Waals surface area contributed by atoms with Crippen LogP contribution < -0.4 is 5.32 Å². The van der Waals surface area contributed by atoms with Crippen molar-refractivity contribution in [2.75, 3.05) is 26.2 Å². The molecule has 0 bridgehead atoms. The van der Waals surface area contributed by atoms with E-state index in [4.69, 9.17) is 9.84 Å². The van der Waals surface area contributed by atoms with E-state index in [1.54, 1.807) is 23.1 Å². The molecule has 0 aliphatic carbocycles. The van der Waals surface area contributed by atoms with Crippen LogP contribution in [0.5, 0.6) is 5.75 Å². The number of aliphatic carboxylic acids is 1. The van der Waals surface area contributed by atoms with E-state index in [1.807, 2.05) is 6.07 Å². The Morgan fingerprint density at radius 1 is 1.43 bits per heavy atom. The Kier molecular flexibility index (Phi) is 4.99. The molecule has 3 N–H and O–H groups in total. The summed E-state index contributed by atoms with van der Waals surface area (Å²) in [4.78, 5) is 23.9. The maximum Gasteiger partial charge on any atom is 0.317 e. The number of urea groups is 1. The number of hydrogen-bond donors (Lipinski definition) is 3. The predicted molar refractivity (Wildman–Crippen MR) is 74.0 cm³/mol. The number of carboxylic acid groups (broad SMARTS) is 1. The minimum atomic E-state index is -0.949. The highest BCUT2D eigenvalue weighted by atomic mass is 16.5. The van der Waals surface area contributed by atoms with E-state index < -0.39 is 5.97 Å². The summed E-state index contributed by atoms with van der Waals surface area (Å²) < 4.78 is 5.62. The molecule has 114 valence electrons. The molecule has 1 aromatic rings. The van der Waals surface area contributed by atoms with Crippen LogP contribution >= 0.6 is 0 Å². The molecule has 0 spiro atoms. The van der Waals surface area contributed by atoms with Crippen LogP contribution in [0.1, 0.15) is 18.1 Å². The molecule has 1 aromatic carbocycles. The van der Waals surface area contributed by atoms with Gasteiger partial charge in [-0.1, -0.05) is 12.1 Å². The summed E-state index contributed by atoms with van der Waals surface area (Å²) in [6.07, 6.45) is -0.400. The number of phenols is 1. The second-order valence-corrected chi connectivity index (χ2v) is 4.78. The van der Waals surface area contributed by atoms with Crippen LogP contribution in [-0.2, 0) is 9.53 Å². The number of morpholine rings is 1. The highest BCUT2D eigenvalue weighted by Crippen LogP contribution is 2.24. The predicted octanol–water partition coefficient (Wildman–Crippen LogP) is 0.950. The molecule has 0 aromatic heterocycles. The maximum atomic E-state index is 11.9. The minimum Gasteiger partial charge on any atom is -0.508 e. The number of benzene rings is 1. The van der Waals surface area contributed by atoms with E-state index in [2.05, 4.69) is 5.32 Å². The Hall–Kier alpha value is -2.28. The van der Waals surface area contributed by atoms with Crippen LogP contribution in [0.15, 0.2) is 24.3 Å². The van der Waals surface area contributed by atoms with Gasteiger partial charge in [-0.15, -0.1) is 0 Å². The van der Waals surface area contributed by atoms with Crippen molar-refractivity contribution >= 4 is 12.0 Å². The first kappa shape index (κ1) is 15.1. The molecule has 1 atom stereocenters. The number of amides is 2. The highest BCUT2D eigenvalue weighted by Gasteiger charge is 2.25. The standard InChI is InChI=1S/C14H18N2O5/c17-11-3-1-2-10(8-11)12-9-16(6-7-21-12)14(20)15-5-4-13(18)19/h1-3,8,12,17H,4-7,9H2,(H,15,20)(H,18,19). The molecule has 21 heavy (non-hydrogen) atoms. The number of rotatable bonds is 4. The lowest BCUT2D eigenvalue weighted by molar-refractivity contribution is -0.136. The Balaban J connectivity index is 1.91. The lowest BCUT2D eigenvalue weighted by Crippen LogP contribution is -2.47. The van der Waals surface area contributed by atoms with Gasteiger partial charge in [0.15, 0.2) is 0 Å². The largest absolute Gasteiger partial charge is 0.508 e. The molecule has 2 rings (SSSR count). The van der Waals surface area contributed by atoms with Crippen molar-refractivity contribution in [3.05, 3.63) is 29.8 Å². The van der Waals surface area contributed by atoms with Crippen molar-refractivity contribution in [2.24, 2.45) is 0 Å². The monoisotopic (exact) mass is 294 g/mol. The van der Waals surface area contributed by atoms with Gasteiger partial charge in [0.1, 0.15) is 11.9 Å². The van der Waals surface area contributed by atoms with Gasteiger partial charge in [0.2, 0.25) is 0 Å². The maximum absolute atomic E-state index is 11.9. The molecule has 0 saturated carbocycles. The summed E-state index contributed by atoms with van der Waals surface area (Å²) in [5.41, 5.74) is 0.804. The average molecular weight is 294 g/mol. The van der Waals surface area contributed by atoms with Gasteiger partial charge in [0.05, 0.1) is 19.6 Å². The van der Waals surface area contributed by atoms with Crippen LogP contribution in [-0.4, -0.2) is 53.4 Å². The molecule has 1 aliphatic heterocycles. The lowest BCUT2D eigenvalue weighted by atomic mass is 10.1. The van der Waals surface area contributed by atoms with E-state index in [0.717, 1.165) is 5.56 Å². The lowest BCUT2D eigenvalue weighted by Gasteiger charge is -2.33. The zero-order valence-corrected chi connectivity index (χ0v) is 11.5. The molecule has 1 aliphatic rings. The van der Waals surface area contributed by atoms with Crippen molar-refractivity contribution in [2.45, 2.75) is 12.5 Å². The molecule has 1 heterocycles. The number of carbonyl (C=O) groups is 2. The Bertz CT molecular complexity index is 520. The van der Waals surface area contributed by atoms with Crippen LogP contribution in [0.25, 0.3) is 0 Å². The number of ether oxygens (including phenoxy) is 1. The van der Waals surface area contributed by atoms with Crippen molar-refractivity contribution < 1.29 is 24.5 Å². The topological polar surface area (TPSA) is 99.1 Å². The van der Waals surface area contributed by atoms with Gasteiger partial charge in [-0.2, -0.15) is 0 Å². The van der Waals surface area contributed by atoms with E-state index in [0.29, 0.717) is 19.7 Å². The van der Waals surface area contributed by atoms with Gasteiger partial charge in [-0.3, -0.25) is 4.79 Å². The fraction of sp³-hybridized carbons (Fsp3) is 0.429. The smallest absolute Gasteiger partial charge is 0.317 e. The second-order valence-electron chi connectivity index (χ2n) is 4.78. The zero-order chi connectivity index (χ0) is 15.2. The van der Waals surface area contributed by atoms with E-state index in [9.17, 15) is 14.7 Å². The van der Waals surface area contributed by atoms with Crippen LogP contribution in [0, 0.1) is 0 Å². The molecular formula is C14H18N2O5. The Morgan fingerprint density at radius 2 is 2.24 bits per heavy atom. The van der Waals surface area contributed by atoms with Crippen molar-refractivity contribution in [3.63, 3.8) is 0 Å². The summed E-state index contributed by atoms with van der Waals surface area (Å²) in [5.74, 6) is -0.797. The quantitative estimate of drug-likeness (QED) is 0.768. The van der Waals surface area contributed by atoms with Crippen molar-refractivity contribution in [1.82, 2.24) is 10.2 Å². The number of carbonyl (C=O) groups excluding carboxylic acids is 1. The van der Waals surface area contributed by atoms with E-state index in [1.165, 1.54) is 0 Å². The summed E-state index contributed by atoms with van der Waals surface area (Å²) in [6, 6.07) is 6.43. The van der Waals surface area contributed by atoms with Gasteiger partial charge in [-0.25, -0.2) is 4.79 Å². The summed E-state index contributed by atoms with van der Waals surface area (Å²) in [6.45, 7) is 1.31. The van der Waals surface area contributed by atoms with Crippen molar-refractivity contribution in [3.8, 4) is 5.75 Å². The third-order valence-electron chi connectivity index (χ3n) is 3.21. The Labute approximate surface area is 122 Å². The van der Waals surface area contributed by atoms with Gasteiger partial charge >= 0.3 is 12.0 Å². The fourth-order valence-electron chi connectivity index (χ4n) is 2.15. The van der Waals surface area contributed by atoms with Gasteiger partial charge in [0.25, 0.3) is 0 Å². The van der Waals surface area contributed by atoms with E-state index in [-0.39, 0.29) is 30.9 Å². The molecule has 1 saturated heterocycles. The highest BCUT2D eigenvalue weighted by molar-refractivity contribution is 5.75.